The molecule has 0 atom stereocenters. The molecule has 4 heteroatoms. The van der Waals surface area contributed by atoms with Crippen LogP contribution in [0.1, 0.15) is 43.9 Å². The predicted octanol–water partition coefficient (Wildman–Crippen LogP) is 4.79. The van der Waals surface area contributed by atoms with Crippen molar-refractivity contribution < 1.29 is 9.53 Å². The van der Waals surface area contributed by atoms with Crippen molar-refractivity contribution in [1.29, 1.82) is 0 Å². The molecule has 26 heavy (non-hydrogen) atoms. The van der Waals surface area contributed by atoms with Gasteiger partial charge in [-0.15, -0.1) is 0 Å². The number of amides is 2. The number of nitrogens with zero attached hydrogens (tertiary/aromatic N) is 1. The van der Waals surface area contributed by atoms with Gasteiger partial charge in [0.1, 0.15) is 5.75 Å². The molecule has 0 aliphatic carbocycles. The number of anilines is 1. The molecule has 1 aliphatic heterocycles. The van der Waals surface area contributed by atoms with Crippen molar-refractivity contribution in [3.05, 3.63) is 59.2 Å². The maximum atomic E-state index is 12.6. The molecule has 2 aromatic rings. The Hall–Kier alpha value is -2.49. The van der Waals surface area contributed by atoms with Crippen molar-refractivity contribution in [2.45, 2.75) is 46.0 Å². The summed E-state index contributed by atoms with van der Waals surface area (Å²) in [4.78, 5) is 14.4. The van der Waals surface area contributed by atoms with Crippen LogP contribution >= 0.6 is 0 Å². The van der Waals surface area contributed by atoms with Crippen molar-refractivity contribution in [2.75, 3.05) is 18.2 Å². The summed E-state index contributed by atoms with van der Waals surface area (Å²) in [7, 11) is 0. The summed E-state index contributed by atoms with van der Waals surface area (Å²) in [6.07, 6.45) is 2.01. The maximum absolute atomic E-state index is 12.6. The van der Waals surface area contributed by atoms with E-state index in [1.165, 1.54) is 11.1 Å². The van der Waals surface area contributed by atoms with E-state index in [9.17, 15) is 4.79 Å². The smallest absolute Gasteiger partial charge is 0.324 e. The minimum atomic E-state index is -0.110. The summed E-state index contributed by atoms with van der Waals surface area (Å²) < 4.78 is 5.91. The Balaban J connectivity index is 1.65. The SMILES string of the molecule is Cc1ccc(OCNC(=O)N2CCCc3ccccc32)c(C(C)(C)C)c1. The van der Waals surface area contributed by atoms with Crippen molar-refractivity contribution in [3.8, 4) is 5.75 Å². The highest BCUT2D eigenvalue weighted by atomic mass is 16.5. The third-order valence-corrected chi connectivity index (χ3v) is 4.75. The Labute approximate surface area is 156 Å². The summed E-state index contributed by atoms with van der Waals surface area (Å²) in [6, 6.07) is 14.2. The second-order valence-electron chi connectivity index (χ2n) is 7.90. The summed E-state index contributed by atoms with van der Waals surface area (Å²) in [5.74, 6) is 0.822. The van der Waals surface area contributed by atoms with Crippen LogP contribution in [0.25, 0.3) is 0 Å². The molecule has 138 valence electrons. The van der Waals surface area contributed by atoms with E-state index in [1.54, 1.807) is 0 Å². The van der Waals surface area contributed by atoms with Crippen LogP contribution in [0.4, 0.5) is 10.5 Å². The normalized spacial score (nSPS) is 13.9. The molecule has 0 aromatic heterocycles. The van der Waals surface area contributed by atoms with Crippen LogP contribution in [-0.2, 0) is 11.8 Å². The topological polar surface area (TPSA) is 41.6 Å². The number of carbonyl (C=O) groups is 1. The van der Waals surface area contributed by atoms with Gasteiger partial charge in [0.25, 0.3) is 0 Å². The number of rotatable bonds is 3. The molecule has 4 nitrogen and oxygen atoms in total. The van der Waals surface area contributed by atoms with Crippen LogP contribution in [0, 0.1) is 6.92 Å². The van der Waals surface area contributed by atoms with E-state index >= 15 is 0 Å². The first kappa shape index (κ1) is 18.3. The lowest BCUT2D eigenvalue weighted by atomic mass is 9.85. The highest BCUT2D eigenvalue weighted by Crippen LogP contribution is 2.32. The molecule has 0 unspecified atom stereocenters. The van der Waals surface area contributed by atoms with Crippen molar-refractivity contribution in [3.63, 3.8) is 0 Å². The molecule has 1 heterocycles. The highest BCUT2D eigenvalue weighted by Gasteiger charge is 2.22. The second-order valence-corrected chi connectivity index (χ2v) is 7.90. The average Bonchev–Trinajstić information content (AvgIpc) is 2.61. The van der Waals surface area contributed by atoms with Gasteiger partial charge in [-0.25, -0.2) is 4.79 Å². The average molecular weight is 352 g/mol. The third kappa shape index (κ3) is 4.01. The molecule has 0 saturated carbocycles. The number of hydrogen-bond acceptors (Lipinski definition) is 2. The molecule has 3 rings (SSSR count). The van der Waals surface area contributed by atoms with Gasteiger partial charge in [0, 0.05) is 12.2 Å². The monoisotopic (exact) mass is 352 g/mol. The molecular weight excluding hydrogens is 324 g/mol. The van der Waals surface area contributed by atoms with Crippen LogP contribution in [-0.4, -0.2) is 19.3 Å². The number of carbonyl (C=O) groups excluding carboxylic acids is 1. The largest absolute Gasteiger partial charge is 0.473 e. The predicted molar refractivity (Wildman–Crippen MR) is 106 cm³/mol. The van der Waals surface area contributed by atoms with Gasteiger partial charge in [0.15, 0.2) is 6.73 Å². The zero-order chi connectivity index (χ0) is 18.7. The van der Waals surface area contributed by atoms with Crippen molar-refractivity contribution in [1.82, 2.24) is 5.32 Å². The summed E-state index contributed by atoms with van der Waals surface area (Å²) in [6.45, 7) is 9.46. The van der Waals surface area contributed by atoms with Gasteiger partial charge < -0.3 is 10.1 Å². The van der Waals surface area contributed by atoms with Crippen molar-refractivity contribution in [2.24, 2.45) is 0 Å². The lowest BCUT2D eigenvalue weighted by Gasteiger charge is -2.29. The molecular formula is C22H28N2O2. The fourth-order valence-electron chi connectivity index (χ4n) is 3.37. The summed E-state index contributed by atoms with van der Waals surface area (Å²) in [5, 5.41) is 2.90. The standard InChI is InChI=1S/C22H28N2O2/c1-16-11-12-20(18(14-16)22(2,3)4)26-15-23-21(25)24-13-7-9-17-8-5-6-10-19(17)24/h5-6,8,10-12,14H,7,9,13,15H2,1-4H3,(H,23,25). The minimum Gasteiger partial charge on any atom is -0.473 e. The van der Waals surface area contributed by atoms with Crippen LogP contribution < -0.4 is 15.0 Å². The van der Waals surface area contributed by atoms with Gasteiger partial charge in [-0.1, -0.05) is 56.7 Å². The van der Waals surface area contributed by atoms with E-state index in [0.717, 1.165) is 36.4 Å². The second kappa shape index (κ2) is 7.40. The van der Waals surface area contributed by atoms with Gasteiger partial charge >= 0.3 is 6.03 Å². The Morgan fingerprint density at radius 1 is 1.19 bits per heavy atom. The maximum Gasteiger partial charge on any atom is 0.324 e. The molecule has 0 saturated heterocycles. The van der Waals surface area contributed by atoms with Gasteiger partial charge in [-0.3, -0.25) is 4.90 Å². The van der Waals surface area contributed by atoms with Gasteiger partial charge in [-0.05, 0) is 48.4 Å². The van der Waals surface area contributed by atoms with E-state index in [4.69, 9.17) is 4.74 Å². The Kier molecular flexibility index (Phi) is 5.21. The van der Waals surface area contributed by atoms with Crippen LogP contribution in [0.3, 0.4) is 0 Å². The lowest BCUT2D eigenvalue weighted by Crippen LogP contribution is -2.44. The molecule has 1 N–H and O–H groups in total. The lowest BCUT2D eigenvalue weighted by molar-refractivity contribution is 0.227. The third-order valence-electron chi connectivity index (χ3n) is 4.75. The zero-order valence-electron chi connectivity index (χ0n) is 16.1. The first-order chi connectivity index (χ1) is 12.4. The molecule has 2 aromatic carbocycles. The Morgan fingerprint density at radius 2 is 1.96 bits per heavy atom. The number of hydrogen-bond donors (Lipinski definition) is 1. The van der Waals surface area contributed by atoms with Crippen LogP contribution in [0.15, 0.2) is 42.5 Å². The van der Waals surface area contributed by atoms with E-state index in [-0.39, 0.29) is 18.2 Å². The fourth-order valence-corrected chi connectivity index (χ4v) is 3.37. The van der Waals surface area contributed by atoms with E-state index in [0.29, 0.717) is 0 Å². The molecule has 0 spiro atoms. The number of urea groups is 1. The molecule has 2 amide bonds. The van der Waals surface area contributed by atoms with Crippen LogP contribution in [0.5, 0.6) is 5.75 Å². The summed E-state index contributed by atoms with van der Waals surface area (Å²) >= 11 is 0. The molecule has 0 fully saturated rings. The first-order valence-corrected chi connectivity index (χ1v) is 9.23. The Morgan fingerprint density at radius 3 is 2.73 bits per heavy atom. The number of nitrogens with one attached hydrogen (secondary N) is 1. The van der Waals surface area contributed by atoms with Crippen molar-refractivity contribution >= 4 is 11.7 Å². The number of ether oxygens (including phenoxy) is 1. The fraction of sp³-hybridized carbons (Fsp3) is 0.409. The number of aryl methyl sites for hydroxylation is 2. The van der Waals surface area contributed by atoms with Gasteiger partial charge in [0.2, 0.25) is 0 Å². The van der Waals surface area contributed by atoms with E-state index in [2.05, 4.69) is 45.1 Å². The molecule has 0 radical (unpaired) electrons. The Bertz CT molecular complexity index is 793. The molecule has 0 bridgehead atoms. The minimum absolute atomic E-state index is 0.0167. The highest BCUT2D eigenvalue weighted by molar-refractivity contribution is 5.93. The number of fused-ring (bicyclic) bond motifs is 1. The zero-order valence-corrected chi connectivity index (χ0v) is 16.1. The number of para-hydroxylation sites is 1. The first-order valence-electron chi connectivity index (χ1n) is 9.23. The van der Waals surface area contributed by atoms with Gasteiger partial charge in [0.05, 0.1) is 0 Å². The number of benzene rings is 2. The van der Waals surface area contributed by atoms with E-state index < -0.39 is 0 Å². The summed E-state index contributed by atoms with van der Waals surface area (Å²) in [5.41, 5.74) is 4.56. The van der Waals surface area contributed by atoms with Crippen LogP contribution in [0.2, 0.25) is 0 Å². The van der Waals surface area contributed by atoms with Gasteiger partial charge in [-0.2, -0.15) is 0 Å². The van der Waals surface area contributed by atoms with E-state index in [1.807, 2.05) is 35.2 Å². The quantitative estimate of drug-likeness (QED) is 0.807. The molecule has 1 aliphatic rings.